The molecule has 2 atom stereocenters. The quantitative estimate of drug-likeness (QED) is 0.582. The van der Waals surface area contributed by atoms with Crippen LogP contribution in [-0.4, -0.2) is 44.2 Å². The average molecular weight is 337 g/mol. The first-order valence-electron chi connectivity index (χ1n) is 8.83. The maximum Gasteiger partial charge on any atom is 0.222 e. The van der Waals surface area contributed by atoms with Gasteiger partial charge in [-0.1, -0.05) is 41.0 Å². The third kappa shape index (κ3) is 17.9. The van der Waals surface area contributed by atoms with E-state index in [0.29, 0.717) is 27.1 Å². The van der Waals surface area contributed by atoms with E-state index < -0.39 is 0 Å². The first-order valence-corrected chi connectivity index (χ1v) is 10.2. The third-order valence-corrected chi connectivity index (χ3v) is 3.48. The van der Waals surface area contributed by atoms with Crippen molar-refractivity contribution in [1.82, 2.24) is 4.90 Å². The predicted octanol–water partition coefficient (Wildman–Crippen LogP) is 4.28. The Morgan fingerprint density at radius 2 is 1.77 bits per heavy atom. The van der Waals surface area contributed by atoms with Crippen LogP contribution in [0.15, 0.2) is 0 Å². The van der Waals surface area contributed by atoms with Crippen LogP contribution in [0.5, 0.6) is 0 Å². The fourth-order valence-electron chi connectivity index (χ4n) is 1.92. The van der Waals surface area contributed by atoms with Crippen LogP contribution in [0, 0.1) is 5.92 Å². The summed E-state index contributed by atoms with van der Waals surface area (Å²) in [5, 5.41) is 0. The molecule has 0 aromatic rings. The lowest BCUT2D eigenvalue weighted by Gasteiger charge is -2.15. The van der Waals surface area contributed by atoms with E-state index in [0.717, 1.165) is 38.9 Å². The Labute approximate surface area is 141 Å². The fraction of sp³-hybridized carbons (Fsp3) is 0.941. The lowest BCUT2D eigenvalue weighted by atomic mass is 10.1. The molecule has 22 heavy (non-hydrogen) atoms. The first-order chi connectivity index (χ1) is 10.7. The van der Waals surface area contributed by atoms with Crippen molar-refractivity contribution in [2.45, 2.75) is 66.7 Å². The number of nitrogens with zero attached hydrogens (tertiary/aromatic N) is 1. The van der Waals surface area contributed by atoms with Gasteiger partial charge in [-0.25, -0.2) is 0 Å². The number of nitrogens with two attached hydrogens (primary N) is 1. The van der Waals surface area contributed by atoms with E-state index in [1.807, 2.05) is 39.3 Å². The Kier molecular flexibility index (Phi) is 28.0. The molecular formula is C17H41N2O2P. The number of carbonyl (C=O) groups excluding carboxylic acids is 1. The molecular weight excluding hydrogens is 295 g/mol. The molecule has 0 aromatic heterocycles. The highest BCUT2D eigenvalue weighted by Crippen LogP contribution is 2.16. The molecule has 0 aromatic carbocycles. The van der Waals surface area contributed by atoms with E-state index in [-0.39, 0.29) is 0 Å². The minimum atomic E-state index is 0.339. The summed E-state index contributed by atoms with van der Waals surface area (Å²) < 4.78 is 4.57. The molecule has 0 bridgehead atoms. The smallest absolute Gasteiger partial charge is 0.222 e. The second kappa shape index (κ2) is 23.1. The number of likely N-dealkylation sites (tertiary alicyclic amines) is 1. The molecule has 1 rings (SSSR count). The molecule has 5 heteroatoms. The van der Waals surface area contributed by atoms with Crippen LogP contribution in [0.25, 0.3) is 0 Å². The predicted molar refractivity (Wildman–Crippen MR) is 102 cm³/mol. The molecule has 1 aliphatic heterocycles. The summed E-state index contributed by atoms with van der Waals surface area (Å²) in [4.78, 5) is 13.7. The van der Waals surface area contributed by atoms with Crippen LogP contribution < -0.4 is 5.73 Å². The zero-order chi connectivity index (χ0) is 17.8. The van der Waals surface area contributed by atoms with Crippen molar-refractivity contribution in [2.24, 2.45) is 11.7 Å². The number of rotatable bonds is 6. The summed E-state index contributed by atoms with van der Waals surface area (Å²) in [6, 6.07) is 0. The van der Waals surface area contributed by atoms with Gasteiger partial charge >= 0.3 is 0 Å². The van der Waals surface area contributed by atoms with E-state index >= 15 is 0 Å². The minimum absolute atomic E-state index is 0.339. The van der Waals surface area contributed by atoms with Crippen molar-refractivity contribution in [3.8, 4) is 0 Å². The molecule has 0 aliphatic carbocycles. The third-order valence-electron chi connectivity index (χ3n) is 3.08. The Balaban J connectivity index is -0.000000383. The lowest BCUT2D eigenvalue weighted by molar-refractivity contribution is -0.130. The first kappa shape index (κ1) is 26.7. The number of unbranched alkanes of at least 4 members (excludes halogenated alkanes) is 2. The molecule has 0 spiro atoms. The molecule has 1 aliphatic rings. The average Bonchev–Trinajstić information content (AvgIpc) is 3.02. The highest BCUT2D eigenvalue weighted by molar-refractivity contribution is 7.31. The Hall–Kier alpha value is -0.180. The maximum absolute atomic E-state index is 11.6. The van der Waals surface area contributed by atoms with Crippen LogP contribution >= 0.6 is 8.81 Å². The van der Waals surface area contributed by atoms with Gasteiger partial charge in [0, 0.05) is 35.4 Å². The topological polar surface area (TPSA) is 55.6 Å². The molecule has 0 saturated carbocycles. The number of hydrogen-bond acceptors (Lipinski definition) is 3. The summed E-state index contributed by atoms with van der Waals surface area (Å²) in [5.74, 6) is 1.04. The normalized spacial score (nSPS) is 16.2. The van der Waals surface area contributed by atoms with Gasteiger partial charge in [0.05, 0.1) is 0 Å². The van der Waals surface area contributed by atoms with Crippen molar-refractivity contribution in [3.05, 3.63) is 0 Å². The Morgan fingerprint density at radius 1 is 1.23 bits per heavy atom. The van der Waals surface area contributed by atoms with Gasteiger partial charge in [0.2, 0.25) is 5.91 Å². The fourth-order valence-corrected chi connectivity index (χ4v) is 1.92. The summed E-state index contributed by atoms with van der Waals surface area (Å²) in [7, 11) is 2.33. The van der Waals surface area contributed by atoms with Crippen LogP contribution in [0.2, 0.25) is 0 Å². The minimum Gasteiger partial charge on any atom is -0.366 e. The van der Waals surface area contributed by atoms with Gasteiger partial charge < -0.3 is 15.2 Å². The van der Waals surface area contributed by atoms with Gasteiger partial charge in [0.15, 0.2) is 0 Å². The van der Waals surface area contributed by atoms with E-state index in [1.54, 1.807) is 7.11 Å². The molecule has 1 fully saturated rings. The molecule has 1 amide bonds. The van der Waals surface area contributed by atoms with Crippen molar-refractivity contribution < 1.29 is 9.32 Å². The zero-order valence-electron chi connectivity index (χ0n) is 16.1. The van der Waals surface area contributed by atoms with Gasteiger partial charge in [-0.3, -0.25) is 4.79 Å². The lowest BCUT2D eigenvalue weighted by Crippen LogP contribution is -2.28. The van der Waals surface area contributed by atoms with E-state index in [2.05, 4.69) is 11.4 Å². The van der Waals surface area contributed by atoms with Crippen molar-refractivity contribution in [2.75, 3.05) is 33.4 Å². The Bertz CT molecular complexity index is 215. The van der Waals surface area contributed by atoms with Crippen LogP contribution in [0.3, 0.4) is 0 Å². The van der Waals surface area contributed by atoms with Gasteiger partial charge in [0.1, 0.15) is 0 Å². The molecule has 2 N–H and O–H groups in total. The molecule has 0 radical (unpaired) electrons. The van der Waals surface area contributed by atoms with Crippen LogP contribution in [-0.2, 0) is 9.32 Å². The maximum atomic E-state index is 11.6. The summed E-state index contributed by atoms with van der Waals surface area (Å²) in [6.45, 7) is 14.9. The van der Waals surface area contributed by atoms with Gasteiger partial charge in [-0.05, 0) is 38.4 Å². The van der Waals surface area contributed by atoms with E-state index in [1.165, 1.54) is 6.42 Å². The van der Waals surface area contributed by atoms with Gasteiger partial charge in [-0.15, -0.1) is 0 Å². The largest absolute Gasteiger partial charge is 0.366 e. The summed E-state index contributed by atoms with van der Waals surface area (Å²) in [5.41, 5.74) is 5.39. The molecule has 1 saturated heterocycles. The second-order valence-electron chi connectivity index (χ2n) is 4.74. The van der Waals surface area contributed by atoms with Crippen molar-refractivity contribution >= 4 is 14.7 Å². The zero-order valence-corrected chi connectivity index (χ0v) is 17.1. The van der Waals surface area contributed by atoms with Crippen molar-refractivity contribution in [1.29, 1.82) is 0 Å². The standard InChI is InChI=1S/C11H22N2O.C2H7OP.2C2H6/c1-10-6-8-13(9-10)11(14)5-3-2-4-7-12;1-3-4-2;2*1-2/h10H,2-9,12H2,1H3;4H,1-2H3;2*1-2H3/t10-;;;/m1.../s1. The second-order valence-corrected chi connectivity index (χ2v) is 5.56. The molecule has 1 heterocycles. The number of hydrogen-bond donors (Lipinski definition) is 1. The number of amides is 1. The molecule has 136 valence electrons. The van der Waals surface area contributed by atoms with E-state index in [4.69, 9.17) is 5.73 Å². The highest BCUT2D eigenvalue weighted by Gasteiger charge is 2.22. The molecule has 4 nitrogen and oxygen atoms in total. The van der Waals surface area contributed by atoms with Crippen LogP contribution in [0.1, 0.15) is 66.7 Å². The summed E-state index contributed by atoms with van der Waals surface area (Å²) >= 11 is 0. The van der Waals surface area contributed by atoms with Crippen molar-refractivity contribution in [3.63, 3.8) is 0 Å². The Morgan fingerprint density at radius 3 is 2.14 bits per heavy atom. The monoisotopic (exact) mass is 336 g/mol. The SMILES string of the molecule is CC.CC.COPC.C[C@@H]1CCN(C(=O)CCCCCN)C1. The summed E-state index contributed by atoms with van der Waals surface area (Å²) in [6.07, 6.45) is 5.03. The molecule has 1 unspecified atom stereocenters. The van der Waals surface area contributed by atoms with Gasteiger partial charge in [0.25, 0.3) is 0 Å². The highest BCUT2D eigenvalue weighted by atomic mass is 31.1. The number of carbonyl (C=O) groups is 1. The van der Waals surface area contributed by atoms with E-state index in [9.17, 15) is 4.79 Å². The van der Waals surface area contributed by atoms with Gasteiger partial charge in [-0.2, -0.15) is 0 Å². The van der Waals surface area contributed by atoms with Crippen LogP contribution in [0.4, 0.5) is 0 Å².